The van der Waals surface area contributed by atoms with Gasteiger partial charge in [0.15, 0.2) is 10.3 Å². The van der Waals surface area contributed by atoms with E-state index in [4.69, 9.17) is 40.2 Å². The van der Waals surface area contributed by atoms with E-state index < -0.39 is 12.7 Å². The summed E-state index contributed by atoms with van der Waals surface area (Å²) in [6.07, 6.45) is 31.0. The number of rotatable bonds is 10. The van der Waals surface area contributed by atoms with Crippen LogP contribution in [0.1, 0.15) is 149 Å². The third kappa shape index (κ3) is 18.9. The topological polar surface area (TPSA) is 257 Å². The number of aryl methyl sites for hydroxylation is 2. The molecule has 23 heteroatoms. The van der Waals surface area contributed by atoms with Crippen molar-refractivity contribution in [1.82, 2.24) is 60.2 Å². The first-order valence-corrected chi connectivity index (χ1v) is 37.4. The van der Waals surface area contributed by atoms with Crippen molar-refractivity contribution < 1.29 is 24.3 Å². The van der Waals surface area contributed by atoms with Gasteiger partial charge < -0.3 is 40.4 Å². The highest BCUT2D eigenvalue weighted by molar-refractivity contribution is 9.10. The molecule has 5 aliphatic rings. The van der Waals surface area contributed by atoms with Crippen LogP contribution in [0.5, 0.6) is 5.75 Å². The summed E-state index contributed by atoms with van der Waals surface area (Å²) in [5.74, 6) is 2.74. The fourth-order valence-electron chi connectivity index (χ4n) is 14.2. The molecule has 4 aromatic carbocycles. The van der Waals surface area contributed by atoms with Gasteiger partial charge in [0.25, 0.3) is 0 Å². The lowest BCUT2D eigenvalue weighted by Gasteiger charge is -2.40. The number of carbonyl (C=O) groups excluding carboxylic acids is 1. The molecule has 2 aliphatic heterocycles. The van der Waals surface area contributed by atoms with Gasteiger partial charge in [-0.15, -0.1) is 0 Å². The normalized spacial score (nSPS) is 16.4. The number of aromatic amines is 1. The van der Waals surface area contributed by atoms with Crippen LogP contribution < -0.4 is 31.0 Å². The van der Waals surface area contributed by atoms with E-state index >= 15 is 0 Å². The van der Waals surface area contributed by atoms with Crippen LogP contribution in [-0.2, 0) is 43.4 Å². The Bertz CT molecular complexity index is 4620. The molecule has 1 unspecified atom stereocenters. The van der Waals surface area contributed by atoms with Crippen molar-refractivity contribution >= 4 is 84.5 Å². The number of alkyl carbamates (subject to hydrolysis) is 1. The summed E-state index contributed by atoms with van der Waals surface area (Å²) < 4.78 is 14.5. The molecule has 7 aromatic heterocycles. The van der Waals surface area contributed by atoms with Crippen molar-refractivity contribution in [3.8, 4) is 28.0 Å². The van der Waals surface area contributed by atoms with Crippen LogP contribution in [0.25, 0.3) is 44.6 Å². The largest absolute Gasteiger partial charge is 0.497 e. The van der Waals surface area contributed by atoms with Crippen LogP contribution in [0.15, 0.2) is 174 Å². The molecule has 2 saturated heterocycles. The molecule has 1 amide bonds. The average Bonchev–Trinajstić information content (AvgIpc) is 1.73. The SMILES string of the molecule is Brc1cccc2c1CCCC2.CC1(N)CCN(c2cnc3c(C4CCCc5c(-c6cccnc6)cccc54)[nH]nc3n2)CC1.COc1ccc(Cn2nc(Br)c3ncc(N4CCC(C)(NC(=O)OC(C)(C)C)CC4)nc32)cc1.OB(O)c1cccnc1.c1cncc(-c2cccc3c2CCCC3)c1. The number of H-pyrrole nitrogens is 1. The zero-order valence-corrected chi connectivity index (χ0v) is 62.9. The predicted molar refractivity (Wildman–Crippen MR) is 416 cm³/mol. The molecule has 16 rings (SSSR count). The first kappa shape index (κ1) is 73.7. The Kier molecular flexibility index (Phi) is 24.1. The van der Waals surface area contributed by atoms with E-state index in [0.717, 1.165) is 116 Å². The Balaban J connectivity index is 0.000000133. The van der Waals surface area contributed by atoms with Crippen molar-refractivity contribution in [3.63, 3.8) is 0 Å². The molecule has 20 nitrogen and oxygen atoms in total. The van der Waals surface area contributed by atoms with E-state index in [-0.39, 0.29) is 23.1 Å². The summed E-state index contributed by atoms with van der Waals surface area (Å²) in [6.45, 7) is 13.7. The van der Waals surface area contributed by atoms with Crippen molar-refractivity contribution in [2.24, 2.45) is 5.73 Å². The van der Waals surface area contributed by atoms with Crippen LogP contribution in [0.4, 0.5) is 16.4 Å². The summed E-state index contributed by atoms with van der Waals surface area (Å²) in [5, 5.41) is 32.6. The summed E-state index contributed by atoms with van der Waals surface area (Å²) in [4.78, 5) is 48.2. The Hall–Kier alpha value is -9.00. The van der Waals surface area contributed by atoms with E-state index in [1.165, 1.54) is 101 Å². The second kappa shape index (κ2) is 33.6. The molecule has 9 heterocycles. The number of piperidine rings is 2. The van der Waals surface area contributed by atoms with Crippen LogP contribution in [0.2, 0.25) is 0 Å². The lowest BCUT2D eigenvalue weighted by molar-refractivity contribution is 0.0448. The van der Waals surface area contributed by atoms with Crippen molar-refractivity contribution in [2.75, 3.05) is 43.1 Å². The minimum atomic E-state index is -1.40. The highest BCUT2D eigenvalue weighted by Gasteiger charge is 2.35. The van der Waals surface area contributed by atoms with Gasteiger partial charge in [-0.3, -0.25) is 20.1 Å². The molecule has 11 aromatic rings. The van der Waals surface area contributed by atoms with Gasteiger partial charge in [0, 0.05) is 101 Å². The molecule has 0 saturated carbocycles. The third-order valence-electron chi connectivity index (χ3n) is 19.9. The zero-order chi connectivity index (χ0) is 72.1. The van der Waals surface area contributed by atoms with Crippen LogP contribution in [0, 0.1) is 0 Å². The Labute approximate surface area is 620 Å². The molecule has 103 heavy (non-hydrogen) atoms. The fraction of sp³-hybridized carbons (Fsp3) is 0.375. The van der Waals surface area contributed by atoms with Gasteiger partial charge in [-0.25, -0.2) is 29.4 Å². The number of hydrogen-bond donors (Lipinski definition) is 5. The minimum Gasteiger partial charge on any atom is -0.497 e. The number of benzene rings is 4. The summed E-state index contributed by atoms with van der Waals surface area (Å²) in [6, 6.07) is 39.3. The summed E-state index contributed by atoms with van der Waals surface area (Å²) in [5.41, 5.74) is 25.0. The van der Waals surface area contributed by atoms with Crippen LogP contribution in [0.3, 0.4) is 0 Å². The smallest absolute Gasteiger partial charge is 0.490 e. The number of fused-ring (bicyclic) bond motifs is 5. The average molecular weight is 1510 g/mol. The Morgan fingerprint density at radius 3 is 1.83 bits per heavy atom. The van der Waals surface area contributed by atoms with Crippen molar-refractivity contribution in [3.05, 3.63) is 219 Å². The number of pyridine rings is 3. The molecule has 2 fully saturated rings. The standard InChI is InChI=1S/C26H29N7.C24H31BrN6O3.C15H15N.C10H11Br.C5H6BNO2/c1-26(27)10-13-33(14-11-26)22-16-29-24-23(31-32-25(24)30-22)21-9-3-7-19-18(6-2-8-20(19)21)17-5-4-12-28-15-17;1-23(2,3)34-22(32)28-24(4)10-12-30(13-11-24)18-14-26-19-20(25)29-31(21(19)27-18)15-16-6-8-17(33-5)9-7-16;1-2-8-14-12(5-1)6-3-9-15(14)13-7-4-10-16-11-13;11-10-7-3-5-8-4-1-2-6-9(8)10;8-6(9)5-2-1-3-7-4-5/h2,4-6,8,12,15-16,21H,3,7,9-11,13-14,27H2,1H3,(H,30,31,32);6-9,14H,10-13,15H2,1-5H3,(H,28,32);3-4,6-7,9-11H,1-2,5,8H2;3,5,7H,1-2,4,6H2;1-4,8-9H. The molecule has 6 N–H and O–H groups in total. The minimum absolute atomic E-state index is 0.0867. The molecule has 0 spiro atoms. The number of aromatic nitrogens is 11. The maximum absolute atomic E-state index is 12.3. The first-order valence-electron chi connectivity index (χ1n) is 35.9. The number of ether oxygens (including phenoxy) is 2. The van der Waals surface area contributed by atoms with E-state index in [9.17, 15) is 4.79 Å². The van der Waals surface area contributed by atoms with Crippen molar-refractivity contribution in [1.29, 1.82) is 0 Å². The van der Waals surface area contributed by atoms with E-state index in [1.807, 2.05) is 92.8 Å². The van der Waals surface area contributed by atoms with E-state index in [2.05, 4.69) is 163 Å². The first-order chi connectivity index (χ1) is 49.8. The second-order valence-electron chi connectivity index (χ2n) is 28.7. The number of methoxy groups -OCH3 is 1. The molecular weight excluding hydrogens is 1420 g/mol. The number of halogens is 2. The summed E-state index contributed by atoms with van der Waals surface area (Å²) in [7, 11) is 0.250. The maximum atomic E-state index is 12.3. The number of hydrogen-bond acceptors (Lipinski definition) is 17. The Morgan fingerprint density at radius 2 is 1.23 bits per heavy atom. The van der Waals surface area contributed by atoms with Gasteiger partial charge >= 0.3 is 13.2 Å². The molecule has 534 valence electrons. The number of carbonyl (C=O) groups is 1. The predicted octanol–water partition coefficient (Wildman–Crippen LogP) is 14.4. The molecule has 3 aliphatic carbocycles. The monoisotopic (exact) mass is 1510 g/mol. The molecular formula is C80H92BBr2N15O5. The third-order valence-corrected chi connectivity index (χ3v) is 21.2. The lowest BCUT2D eigenvalue weighted by atomic mass is 9.78. The van der Waals surface area contributed by atoms with E-state index in [1.54, 1.807) is 48.3 Å². The number of amides is 1. The number of nitrogens with one attached hydrogen (secondary N) is 2. The van der Waals surface area contributed by atoms with Gasteiger partial charge in [0.1, 0.15) is 34.0 Å². The number of anilines is 2. The van der Waals surface area contributed by atoms with Crippen LogP contribution in [-0.4, -0.2) is 128 Å². The lowest BCUT2D eigenvalue weighted by Crippen LogP contribution is -2.54. The highest BCUT2D eigenvalue weighted by Crippen LogP contribution is 2.42. The van der Waals surface area contributed by atoms with E-state index in [0.29, 0.717) is 22.3 Å². The fourth-order valence-corrected chi connectivity index (χ4v) is 15.3. The maximum Gasteiger partial charge on any atom is 0.490 e. The van der Waals surface area contributed by atoms with Gasteiger partial charge in [-0.1, -0.05) is 94.8 Å². The zero-order valence-electron chi connectivity index (χ0n) is 59.7. The van der Waals surface area contributed by atoms with Crippen LogP contribution >= 0.6 is 31.9 Å². The molecule has 0 bridgehead atoms. The van der Waals surface area contributed by atoms with Gasteiger partial charge in [-0.2, -0.15) is 10.2 Å². The van der Waals surface area contributed by atoms with Gasteiger partial charge in [0.05, 0.1) is 31.7 Å². The van der Waals surface area contributed by atoms with Crippen molar-refractivity contribution in [2.45, 2.75) is 160 Å². The quantitative estimate of drug-likeness (QED) is 0.0798. The Morgan fingerprint density at radius 1 is 0.660 bits per heavy atom. The number of nitrogens with zero attached hydrogens (tertiary/aromatic N) is 12. The molecule has 1 atom stereocenters. The second-order valence-corrected chi connectivity index (χ2v) is 30.4. The summed E-state index contributed by atoms with van der Waals surface area (Å²) >= 11 is 7.09. The van der Waals surface area contributed by atoms with Gasteiger partial charge in [0.2, 0.25) is 5.65 Å². The van der Waals surface area contributed by atoms with Gasteiger partial charge in [-0.05, 0) is 233 Å². The number of nitrogens with two attached hydrogens (primary N) is 1. The highest BCUT2D eigenvalue weighted by atomic mass is 79.9. The molecule has 0 radical (unpaired) electrons.